The van der Waals surface area contributed by atoms with Gasteiger partial charge < -0.3 is 5.73 Å². The summed E-state index contributed by atoms with van der Waals surface area (Å²) in [6.45, 7) is 3.47. The normalized spacial score (nSPS) is 17.1. The van der Waals surface area contributed by atoms with E-state index in [2.05, 4.69) is 4.98 Å². The van der Waals surface area contributed by atoms with Crippen molar-refractivity contribution in [1.29, 1.82) is 0 Å². The average Bonchev–Trinajstić information content (AvgIpc) is 2.88. The highest BCUT2D eigenvalue weighted by molar-refractivity contribution is 7.13. The number of carbonyl (C=O) groups excluding carboxylic acids is 3. The highest BCUT2D eigenvalue weighted by Crippen LogP contribution is 2.34. The molecule has 0 saturated carbocycles. The quantitative estimate of drug-likeness (QED) is 0.522. The Morgan fingerprint density at radius 3 is 2.52 bits per heavy atom. The molecule has 0 fully saturated rings. The van der Waals surface area contributed by atoms with E-state index in [0.29, 0.717) is 10.6 Å². The molecule has 1 aliphatic carbocycles. The number of thiazole rings is 1. The van der Waals surface area contributed by atoms with Gasteiger partial charge in [0.05, 0.1) is 21.1 Å². The van der Waals surface area contributed by atoms with E-state index >= 15 is 0 Å². The highest BCUT2D eigenvalue weighted by atomic mass is 32.1. The number of fused-ring (bicyclic) bond motifs is 1. The number of aromatic nitrogens is 1. The summed E-state index contributed by atoms with van der Waals surface area (Å²) < 4.78 is 0. The number of nitrogen functional groups attached to an aromatic ring is 1. The summed E-state index contributed by atoms with van der Waals surface area (Å²) in [5.74, 6) is -2.78. The van der Waals surface area contributed by atoms with Crippen molar-refractivity contribution in [2.75, 3.05) is 5.73 Å². The predicted molar refractivity (Wildman–Crippen MR) is 78.9 cm³/mol. The molecule has 5 nitrogen and oxygen atoms in total. The van der Waals surface area contributed by atoms with E-state index in [1.165, 1.54) is 17.4 Å². The van der Waals surface area contributed by atoms with E-state index in [-0.39, 0.29) is 16.8 Å². The van der Waals surface area contributed by atoms with Crippen LogP contribution in [0.1, 0.15) is 41.1 Å². The average molecular weight is 300 g/mol. The second-order valence-electron chi connectivity index (χ2n) is 4.94. The number of nitrogens with zero attached hydrogens (tertiary/aromatic N) is 1. The van der Waals surface area contributed by atoms with Crippen molar-refractivity contribution in [1.82, 2.24) is 4.98 Å². The van der Waals surface area contributed by atoms with Gasteiger partial charge in [0.15, 0.2) is 17.3 Å². The molecule has 3 rings (SSSR count). The molecule has 21 heavy (non-hydrogen) atoms. The fraction of sp³-hybridized carbons (Fsp3) is 0.200. The number of nitrogens with two attached hydrogens (primary N) is 1. The SMILES string of the molecule is Cc1nc(C)c(C(=O)C2C(=O)c3cccc(N)c3C2=O)s1. The Hall–Kier alpha value is -2.34. The van der Waals surface area contributed by atoms with Gasteiger partial charge >= 0.3 is 0 Å². The molecular weight excluding hydrogens is 288 g/mol. The van der Waals surface area contributed by atoms with Crippen molar-refractivity contribution < 1.29 is 14.4 Å². The van der Waals surface area contributed by atoms with Crippen LogP contribution in [0.4, 0.5) is 5.69 Å². The van der Waals surface area contributed by atoms with Crippen LogP contribution in [0.5, 0.6) is 0 Å². The molecule has 1 unspecified atom stereocenters. The summed E-state index contributed by atoms with van der Waals surface area (Å²) in [6.07, 6.45) is 0. The molecule has 0 bridgehead atoms. The molecule has 2 aromatic rings. The maximum atomic E-state index is 12.6. The number of Topliss-reactive ketones (excluding diaryl/α,β-unsaturated/α-hetero) is 3. The summed E-state index contributed by atoms with van der Waals surface area (Å²) in [7, 11) is 0. The lowest BCUT2D eigenvalue weighted by Crippen LogP contribution is -2.25. The van der Waals surface area contributed by atoms with Crippen LogP contribution in [-0.2, 0) is 0 Å². The van der Waals surface area contributed by atoms with Gasteiger partial charge in [-0.2, -0.15) is 0 Å². The summed E-state index contributed by atoms with van der Waals surface area (Å²) in [5, 5.41) is 0.728. The maximum absolute atomic E-state index is 12.6. The highest BCUT2D eigenvalue weighted by Gasteiger charge is 2.45. The molecule has 0 aliphatic heterocycles. The van der Waals surface area contributed by atoms with Crippen molar-refractivity contribution in [3.63, 3.8) is 0 Å². The van der Waals surface area contributed by atoms with Crippen molar-refractivity contribution in [3.8, 4) is 0 Å². The Bertz CT molecular complexity index is 807. The largest absolute Gasteiger partial charge is 0.398 e. The minimum Gasteiger partial charge on any atom is -0.398 e. The molecule has 1 aromatic carbocycles. The zero-order valence-electron chi connectivity index (χ0n) is 11.5. The Kier molecular flexibility index (Phi) is 2.98. The third-order valence-corrected chi connectivity index (χ3v) is 4.61. The van der Waals surface area contributed by atoms with E-state index in [0.717, 1.165) is 5.01 Å². The first kappa shape index (κ1) is 13.6. The topological polar surface area (TPSA) is 90.1 Å². The Morgan fingerprint density at radius 1 is 1.24 bits per heavy atom. The van der Waals surface area contributed by atoms with Crippen molar-refractivity contribution in [2.24, 2.45) is 5.92 Å². The van der Waals surface area contributed by atoms with Gasteiger partial charge in [-0.3, -0.25) is 14.4 Å². The lowest BCUT2D eigenvalue weighted by atomic mass is 9.97. The fourth-order valence-corrected chi connectivity index (χ4v) is 3.49. The molecule has 6 heteroatoms. The van der Waals surface area contributed by atoms with Gasteiger partial charge in [-0.15, -0.1) is 11.3 Å². The first-order valence-electron chi connectivity index (χ1n) is 6.37. The number of carbonyl (C=O) groups is 3. The van der Waals surface area contributed by atoms with E-state index in [4.69, 9.17) is 5.73 Å². The van der Waals surface area contributed by atoms with Gasteiger partial charge in [0.2, 0.25) is 0 Å². The van der Waals surface area contributed by atoms with E-state index < -0.39 is 23.3 Å². The first-order valence-corrected chi connectivity index (χ1v) is 7.18. The van der Waals surface area contributed by atoms with E-state index in [1.807, 2.05) is 0 Å². The second kappa shape index (κ2) is 4.60. The third kappa shape index (κ3) is 1.91. The summed E-state index contributed by atoms with van der Waals surface area (Å²) in [5.41, 5.74) is 6.95. The minimum atomic E-state index is -1.32. The van der Waals surface area contributed by atoms with Crippen molar-refractivity contribution in [3.05, 3.63) is 44.9 Å². The number of benzene rings is 1. The van der Waals surface area contributed by atoms with Gasteiger partial charge in [0, 0.05) is 11.3 Å². The van der Waals surface area contributed by atoms with Crippen LogP contribution in [0.15, 0.2) is 18.2 Å². The molecule has 0 radical (unpaired) electrons. The molecule has 2 N–H and O–H groups in total. The predicted octanol–water partition coefficient (Wildman–Crippen LogP) is 2.22. The van der Waals surface area contributed by atoms with Gasteiger partial charge in [0.25, 0.3) is 0 Å². The Balaban J connectivity index is 2.08. The monoisotopic (exact) mass is 300 g/mol. The molecule has 106 valence electrons. The van der Waals surface area contributed by atoms with Crippen LogP contribution < -0.4 is 5.73 Å². The van der Waals surface area contributed by atoms with Crippen LogP contribution in [-0.4, -0.2) is 22.3 Å². The van der Waals surface area contributed by atoms with Gasteiger partial charge in [0.1, 0.15) is 5.92 Å². The lowest BCUT2D eigenvalue weighted by molar-refractivity contribution is 0.0758. The van der Waals surface area contributed by atoms with Gasteiger partial charge in [-0.25, -0.2) is 4.98 Å². The lowest BCUT2D eigenvalue weighted by Gasteiger charge is -2.04. The van der Waals surface area contributed by atoms with Gasteiger partial charge in [-0.1, -0.05) is 12.1 Å². The summed E-state index contributed by atoms with van der Waals surface area (Å²) in [4.78, 5) is 41.9. The Labute approximate surface area is 124 Å². The molecule has 1 aliphatic rings. The molecule has 1 atom stereocenters. The van der Waals surface area contributed by atoms with Gasteiger partial charge in [-0.05, 0) is 19.9 Å². The number of rotatable bonds is 2. The number of anilines is 1. The van der Waals surface area contributed by atoms with Crippen molar-refractivity contribution >= 4 is 34.4 Å². The fourth-order valence-electron chi connectivity index (χ4n) is 2.60. The first-order chi connectivity index (χ1) is 9.91. The number of hydrogen-bond donors (Lipinski definition) is 1. The Morgan fingerprint density at radius 2 is 1.95 bits per heavy atom. The standard InChI is InChI=1S/C15H12N2O3S/c1-6-15(21-7(2)17-6)14(20)11-12(18)8-4-3-5-9(16)10(8)13(11)19/h3-5,11H,16H2,1-2H3. The molecule has 1 heterocycles. The number of aryl methyl sites for hydroxylation is 2. The van der Waals surface area contributed by atoms with Crippen LogP contribution in [0, 0.1) is 19.8 Å². The van der Waals surface area contributed by atoms with Crippen LogP contribution in [0.2, 0.25) is 0 Å². The zero-order chi connectivity index (χ0) is 15.3. The second-order valence-corrected chi connectivity index (χ2v) is 6.15. The minimum absolute atomic E-state index is 0.166. The van der Waals surface area contributed by atoms with Crippen LogP contribution >= 0.6 is 11.3 Å². The summed E-state index contributed by atoms with van der Waals surface area (Å²) in [6, 6.07) is 4.69. The number of hydrogen-bond acceptors (Lipinski definition) is 6. The third-order valence-electron chi connectivity index (χ3n) is 3.52. The van der Waals surface area contributed by atoms with E-state index in [9.17, 15) is 14.4 Å². The maximum Gasteiger partial charge on any atom is 0.193 e. The molecule has 0 spiro atoms. The molecule has 0 saturated heterocycles. The molecular formula is C15H12N2O3S. The smallest absolute Gasteiger partial charge is 0.193 e. The zero-order valence-corrected chi connectivity index (χ0v) is 12.3. The molecule has 1 aromatic heterocycles. The van der Waals surface area contributed by atoms with Crippen LogP contribution in [0.3, 0.4) is 0 Å². The summed E-state index contributed by atoms with van der Waals surface area (Å²) >= 11 is 1.20. The van der Waals surface area contributed by atoms with Crippen LogP contribution in [0.25, 0.3) is 0 Å². The van der Waals surface area contributed by atoms with E-state index in [1.54, 1.807) is 26.0 Å². The number of ketones is 3. The van der Waals surface area contributed by atoms with Crippen molar-refractivity contribution in [2.45, 2.75) is 13.8 Å². The molecule has 0 amide bonds.